The molecule has 0 bridgehead atoms. The van der Waals surface area contributed by atoms with E-state index < -0.39 is 17.0 Å². The molecule has 0 radical (unpaired) electrons. The number of rotatable bonds is 11. The van der Waals surface area contributed by atoms with E-state index in [4.69, 9.17) is 19.6 Å². The second kappa shape index (κ2) is 9.56. The summed E-state index contributed by atoms with van der Waals surface area (Å²) in [6.07, 6.45) is 3.40. The molecule has 0 aliphatic heterocycles. The molecule has 0 unspecified atom stereocenters. The molecule has 0 saturated heterocycles. The first-order valence-electron chi connectivity index (χ1n) is 10.5. The highest BCUT2D eigenvalue weighted by atomic mass is 17.3. The van der Waals surface area contributed by atoms with Crippen LogP contribution in [0.1, 0.15) is 116 Å². The molecule has 0 amide bonds. The normalized spacial score (nSPS) is 14.9. The summed E-state index contributed by atoms with van der Waals surface area (Å²) in [7, 11) is 0. The van der Waals surface area contributed by atoms with Crippen LogP contribution < -0.4 is 0 Å². The molecule has 0 aliphatic rings. The second-order valence-corrected chi connectivity index (χ2v) is 12.4. The van der Waals surface area contributed by atoms with Gasteiger partial charge in [-0.25, -0.2) is 9.78 Å². The molecule has 0 saturated carbocycles. The van der Waals surface area contributed by atoms with E-state index >= 15 is 0 Å². The first kappa shape index (κ1) is 26.8. The van der Waals surface area contributed by atoms with Crippen molar-refractivity contribution in [3.63, 3.8) is 0 Å². The van der Waals surface area contributed by atoms with E-state index in [0.717, 1.165) is 19.3 Å². The van der Waals surface area contributed by atoms with E-state index in [-0.39, 0.29) is 10.8 Å². The van der Waals surface area contributed by atoms with E-state index in [2.05, 4.69) is 55.4 Å². The van der Waals surface area contributed by atoms with E-state index in [0.29, 0.717) is 12.3 Å². The third-order valence-electron chi connectivity index (χ3n) is 3.97. The zero-order valence-electron chi connectivity index (χ0n) is 20.5. The third kappa shape index (κ3) is 14.5. The summed E-state index contributed by atoms with van der Waals surface area (Å²) in [5.41, 5.74) is -0.538. The zero-order chi connectivity index (χ0) is 21.7. The lowest BCUT2D eigenvalue weighted by atomic mass is 9.84. The van der Waals surface area contributed by atoms with Crippen LogP contribution in [0.25, 0.3) is 0 Å². The molecule has 0 heterocycles. The van der Waals surface area contributed by atoms with Crippen molar-refractivity contribution in [2.45, 2.75) is 133 Å². The fourth-order valence-corrected chi connectivity index (χ4v) is 3.66. The van der Waals surface area contributed by atoms with Gasteiger partial charge < -0.3 is 0 Å². The molecule has 27 heavy (non-hydrogen) atoms. The molecule has 0 spiro atoms. The van der Waals surface area contributed by atoms with E-state index in [1.54, 1.807) is 0 Å². The van der Waals surface area contributed by atoms with Crippen molar-refractivity contribution < 1.29 is 19.6 Å². The van der Waals surface area contributed by atoms with Crippen molar-refractivity contribution in [2.75, 3.05) is 0 Å². The molecule has 0 aliphatic carbocycles. The lowest BCUT2D eigenvalue weighted by Crippen LogP contribution is -2.41. The lowest BCUT2D eigenvalue weighted by Gasteiger charge is -2.38. The summed E-state index contributed by atoms with van der Waals surface area (Å²) in [5.74, 6) is -0.407. The fourth-order valence-electron chi connectivity index (χ4n) is 3.66. The fraction of sp³-hybridized carbons (Fsp3) is 1.00. The monoisotopic (exact) mass is 388 g/mol. The van der Waals surface area contributed by atoms with Crippen molar-refractivity contribution in [1.29, 1.82) is 0 Å². The van der Waals surface area contributed by atoms with Gasteiger partial charge in [0.05, 0.1) is 11.2 Å². The second-order valence-electron chi connectivity index (χ2n) is 12.4. The topological polar surface area (TPSA) is 36.9 Å². The van der Waals surface area contributed by atoms with Crippen molar-refractivity contribution >= 4 is 0 Å². The molecule has 4 nitrogen and oxygen atoms in total. The molecule has 4 heteroatoms. The highest BCUT2D eigenvalue weighted by Crippen LogP contribution is 2.35. The number of hydrogen-bond donors (Lipinski definition) is 0. The Kier molecular flexibility index (Phi) is 9.50. The Morgan fingerprint density at radius 1 is 0.556 bits per heavy atom. The summed E-state index contributed by atoms with van der Waals surface area (Å²) >= 11 is 0. The molecule has 0 N–H and O–H groups in total. The van der Waals surface area contributed by atoms with Crippen LogP contribution in [0.3, 0.4) is 0 Å². The van der Waals surface area contributed by atoms with Gasteiger partial charge in [-0.2, -0.15) is 9.78 Å². The maximum absolute atomic E-state index is 5.87. The average Bonchev–Trinajstić information content (AvgIpc) is 2.36. The molecule has 0 aromatic carbocycles. The summed E-state index contributed by atoms with van der Waals surface area (Å²) in [4.78, 5) is 23.5. The van der Waals surface area contributed by atoms with E-state index in [9.17, 15) is 0 Å². The van der Waals surface area contributed by atoms with Gasteiger partial charge in [0.15, 0.2) is 0 Å². The largest absolute Gasteiger partial charge is 0.231 e. The number of hydrogen-bond acceptors (Lipinski definition) is 4. The van der Waals surface area contributed by atoms with Crippen molar-refractivity contribution in [2.24, 2.45) is 16.7 Å². The van der Waals surface area contributed by atoms with Gasteiger partial charge >= 0.3 is 0 Å². The highest BCUT2D eigenvalue weighted by Gasteiger charge is 2.37. The summed E-state index contributed by atoms with van der Waals surface area (Å²) in [6.45, 7) is 27.7. The van der Waals surface area contributed by atoms with Crippen LogP contribution in [0.15, 0.2) is 0 Å². The van der Waals surface area contributed by atoms with Gasteiger partial charge in [0.25, 0.3) is 0 Å². The standard InChI is InChI=1S/C23H48O4/c1-18(2)14-15-23(13,26-24-21(9,10)16-19(3,4)5)27-25-22(11,12)17-20(6,7)8/h18H,14-17H2,1-13H3. The Hall–Kier alpha value is -0.160. The minimum Gasteiger partial charge on any atom is -0.228 e. The molecule has 0 rings (SSSR count). The minimum atomic E-state index is -0.950. The van der Waals surface area contributed by atoms with Crippen molar-refractivity contribution in [3.05, 3.63) is 0 Å². The maximum atomic E-state index is 5.87. The van der Waals surface area contributed by atoms with Crippen LogP contribution in [0.4, 0.5) is 0 Å². The first-order valence-corrected chi connectivity index (χ1v) is 10.5. The van der Waals surface area contributed by atoms with Crippen LogP contribution in [-0.4, -0.2) is 17.0 Å². The predicted octanol–water partition coefficient (Wildman–Crippen LogP) is 7.46. The molecular weight excluding hydrogens is 340 g/mol. The molecule has 0 aromatic heterocycles. The Balaban J connectivity index is 5.04. The molecule has 0 fully saturated rings. The van der Waals surface area contributed by atoms with Gasteiger partial charge in [-0.1, -0.05) is 55.4 Å². The van der Waals surface area contributed by atoms with Crippen LogP contribution in [-0.2, 0) is 19.6 Å². The summed E-state index contributed by atoms with van der Waals surface area (Å²) < 4.78 is 0. The molecule has 164 valence electrons. The Bertz CT molecular complexity index is 393. The van der Waals surface area contributed by atoms with Gasteiger partial charge in [-0.15, -0.1) is 0 Å². The first-order chi connectivity index (χ1) is 11.7. The maximum Gasteiger partial charge on any atom is 0.231 e. The smallest absolute Gasteiger partial charge is 0.228 e. The SMILES string of the molecule is CC(C)CCC(C)(OOC(C)(C)CC(C)(C)C)OOC(C)(C)CC(C)(C)C. The molecule has 0 aromatic rings. The third-order valence-corrected chi connectivity index (χ3v) is 3.97. The lowest BCUT2D eigenvalue weighted by molar-refractivity contribution is -0.541. The van der Waals surface area contributed by atoms with E-state index in [1.807, 2.05) is 34.6 Å². The van der Waals surface area contributed by atoms with Gasteiger partial charge in [0.1, 0.15) is 0 Å². The average molecular weight is 389 g/mol. The Labute approximate surface area is 169 Å². The van der Waals surface area contributed by atoms with Gasteiger partial charge in [-0.05, 0) is 70.6 Å². The van der Waals surface area contributed by atoms with Crippen LogP contribution in [0, 0.1) is 16.7 Å². The van der Waals surface area contributed by atoms with E-state index in [1.165, 1.54) is 0 Å². The highest BCUT2D eigenvalue weighted by molar-refractivity contribution is 4.77. The Morgan fingerprint density at radius 2 is 0.889 bits per heavy atom. The molecular formula is C23H48O4. The van der Waals surface area contributed by atoms with Crippen molar-refractivity contribution in [1.82, 2.24) is 0 Å². The minimum absolute atomic E-state index is 0.146. The van der Waals surface area contributed by atoms with Crippen LogP contribution in [0.5, 0.6) is 0 Å². The van der Waals surface area contributed by atoms with Crippen LogP contribution in [0.2, 0.25) is 0 Å². The van der Waals surface area contributed by atoms with Gasteiger partial charge in [0.2, 0.25) is 5.79 Å². The quantitative estimate of drug-likeness (QED) is 0.209. The summed E-state index contributed by atoms with van der Waals surface area (Å²) in [5, 5.41) is 0. The summed E-state index contributed by atoms with van der Waals surface area (Å²) in [6, 6.07) is 0. The van der Waals surface area contributed by atoms with Gasteiger partial charge in [0, 0.05) is 6.42 Å². The zero-order valence-corrected chi connectivity index (χ0v) is 20.5. The predicted molar refractivity (Wildman–Crippen MR) is 113 cm³/mol. The van der Waals surface area contributed by atoms with Gasteiger partial charge in [-0.3, -0.25) is 0 Å². The van der Waals surface area contributed by atoms with Crippen LogP contribution >= 0.6 is 0 Å². The molecule has 0 atom stereocenters. The Morgan fingerprint density at radius 3 is 1.15 bits per heavy atom. The van der Waals surface area contributed by atoms with Crippen molar-refractivity contribution in [3.8, 4) is 0 Å².